The zero-order valence-electron chi connectivity index (χ0n) is 10.1. The van der Waals surface area contributed by atoms with E-state index in [1.54, 1.807) is 0 Å². The molecule has 0 aliphatic heterocycles. The molecule has 4 heteroatoms. The quantitative estimate of drug-likeness (QED) is 0.462. The fourth-order valence-corrected chi connectivity index (χ4v) is 1.91. The molecule has 0 atom stereocenters. The van der Waals surface area contributed by atoms with Gasteiger partial charge in [-0.15, -0.1) is 34.5 Å². The number of fused-ring (bicyclic) bond motifs is 1. The van der Waals surface area contributed by atoms with Crippen LogP contribution in [0.25, 0.3) is 10.8 Å². The van der Waals surface area contributed by atoms with E-state index in [0.29, 0.717) is 5.92 Å². The first-order chi connectivity index (χ1) is 6.18. The van der Waals surface area contributed by atoms with Crippen molar-refractivity contribution in [2.45, 2.75) is 26.7 Å². The second kappa shape index (κ2) is 8.57. The average molecular weight is 319 g/mol. The van der Waals surface area contributed by atoms with E-state index in [1.165, 1.54) is 21.9 Å². The van der Waals surface area contributed by atoms with E-state index >= 15 is 0 Å². The van der Waals surface area contributed by atoms with Gasteiger partial charge in [0.1, 0.15) is 0 Å². The van der Waals surface area contributed by atoms with Crippen molar-refractivity contribution in [3.63, 3.8) is 0 Å². The number of rotatable bonds is 1. The van der Waals surface area contributed by atoms with Crippen molar-refractivity contribution >= 4 is 10.8 Å². The summed E-state index contributed by atoms with van der Waals surface area (Å²) in [4.78, 5) is 0. The Morgan fingerprint density at radius 3 is 2.18 bits per heavy atom. The maximum atomic E-state index is 2.28. The third-order valence-corrected chi connectivity index (χ3v) is 2.55. The molecule has 92 valence electrons. The first-order valence-corrected chi connectivity index (χ1v) is 4.84. The van der Waals surface area contributed by atoms with Gasteiger partial charge >= 0.3 is 26.2 Å². The molecule has 17 heavy (non-hydrogen) atoms. The Bertz CT molecular complexity index is 435. The minimum atomic E-state index is 0. The van der Waals surface area contributed by atoms with Crippen LogP contribution < -0.4 is 14.1 Å². The zero-order chi connectivity index (χ0) is 9.42. The molecule has 0 aromatic heterocycles. The molecule has 0 bridgehead atoms. The van der Waals surface area contributed by atoms with Crippen LogP contribution in [0, 0.1) is 6.92 Å². The molecule has 0 amide bonds. The second-order valence-electron chi connectivity index (χ2n) is 4.04. The van der Waals surface area contributed by atoms with Gasteiger partial charge in [-0.25, -0.2) is 0 Å². The predicted molar refractivity (Wildman–Crippen MR) is 58.4 cm³/mol. The van der Waals surface area contributed by atoms with E-state index in [9.17, 15) is 0 Å². The molecule has 0 unspecified atom stereocenters. The number of halogens is 3. The van der Waals surface area contributed by atoms with Gasteiger partial charge in [-0.2, -0.15) is 6.07 Å². The van der Waals surface area contributed by atoms with Crippen LogP contribution in [0.15, 0.2) is 30.3 Å². The Kier molecular flexibility index (Phi) is 11.0. The summed E-state index contributed by atoms with van der Waals surface area (Å²) >= 11 is 0. The van der Waals surface area contributed by atoms with Gasteiger partial charge in [-0.3, -0.25) is 0 Å². The van der Waals surface area contributed by atoms with E-state index in [0.717, 1.165) is 0 Å². The van der Waals surface area contributed by atoms with Crippen molar-refractivity contribution in [3.8, 4) is 0 Å². The minimum Gasteiger partial charge on any atom is -1.00 e. The van der Waals surface area contributed by atoms with Gasteiger partial charge in [0, 0.05) is 0 Å². The number of aryl methyl sites for hydroxylation is 1. The van der Waals surface area contributed by atoms with Gasteiger partial charge < -0.3 is 14.1 Å². The Hall–Kier alpha value is -0.497. The van der Waals surface area contributed by atoms with Crippen LogP contribution in [0.4, 0.5) is 0 Å². The minimum absolute atomic E-state index is 0. The van der Waals surface area contributed by atoms with E-state index in [-0.39, 0.29) is 40.3 Å². The molecule has 2 aromatic carbocycles. The van der Waals surface area contributed by atoms with E-state index in [1.807, 2.05) is 0 Å². The van der Waals surface area contributed by atoms with Crippen molar-refractivity contribution < 1.29 is 40.3 Å². The summed E-state index contributed by atoms with van der Waals surface area (Å²) in [6.45, 7) is 6.65. The van der Waals surface area contributed by atoms with Gasteiger partial charge in [0.2, 0.25) is 0 Å². The summed E-state index contributed by atoms with van der Waals surface area (Å²) in [6, 6.07) is 11.1. The summed E-state index contributed by atoms with van der Waals surface area (Å²) in [7, 11) is 0. The smallest absolute Gasteiger partial charge is 1.00 e. The average Bonchev–Trinajstić information content (AvgIpc) is 2.43. The molecule has 0 radical (unpaired) electrons. The van der Waals surface area contributed by atoms with Crippen LogP contribution in [0.3, 0.4) is 0 Å². The summed E-state index contributed by atoms with van der Waals surface area (Å²) < 4.78 is 0. The molecule has 0 nitrogen and oxygen atoms in total. The second-order valence-corrected chi connectivity index (χ2v) is 4.04. The normalized spacial score (nSPS) is 8.71. The molecule has 0 aliphatic rings. The molecule has 0 saturated heterocycles. The largest absolute Gasteiger partial charge is 4.00 e. The molecular weight excluding hydrogens is 304 g/mol. The Morgan fingerprint density at radius 2 is 1.65 bits per heavy atom. The summed E-state index contributed by atoms with van der Waals surface area (Å²) in [5.41, 5.74) is 2.83. The third-order valence-electron chi connectivity index (χ3n) is 2.55. The van der Waals surface area contributed by atoms with Gasteiger partial charge in [0.25, 0.3) is 0 Å². The van der Waals surface area contributed by atoms with Crippen molar-refractivity contribution in [1.82, 2.24) is 0 Å². The number of hydrogen-bond donors (Lipinski definition) is 0. The van der Waals surface area contributed by atoms with Gasteiger partial charge in [-0.1, -0.05) is 32.4 Å². The molecule has 0 aliphatic carbocycles. The summed E-state index contributed by atoms with van der Waals surface area (Å²) in [5, 5.41) is 2.80. The SMILES string of the molecule is Cc1cc2c(C(C)C)cccc2[cH-]1.[F-].[F-].[F-].[Zr+4]. The Balaban J connectivity index is -0.000000490. The van der Waals surface area contributed by atoms with Crippen molar-refractivity contribution in [3.05, 3.63) is 41.5 Å². The van der Waals surface area contributed by atoms with Crippen LogP contribution in [0.5, 0.6) is 0 Å². The first-order valence-electron chi connectivity index (χ1n) is 4.84. The van der Waals surface area contributed by atoms with E-state index in [2.05, 4.69) is 51.1 Å². The van der Waals surface area contributed by atoms with Crippen LogP contribution in [0.1, 0.15) is 30.9 Å². The maximum absolute atomic E-state index is 2.28. The fourth-order valence-electron chi connectivity index (χ4n) is 1.91. The molecule has 2 aromatic rings. The number of benzene rings is 1. The van der Waals surface area contributed by atoms with Crippen LogP contribution in [0.2, 0.25) is 0 Å². The monoisotopic (exact) mass is 318 g/mol. The molecule has 0 N–H and O–H groups in total. The molecule has 0 saturated carbocycles. The van der Waals surface area contributed by atoms with E-state index < -0.39 is 0 Å². The maximum Gasteiger partial charge on any atom is 4.00 e. The molecule has 0 heterocycles. The molecular formula is C13H15F3Zr. The summed E-state index contributed by atoms with van der Waals surface area (Å²) in [6.07, 6.45) is 0. The predicted octanol–water partition coefficient (Wildman–Crippen LogP) is -5.00. The Labute approximate surface area is 119 Å². The van der Waals surface area contributed by atoms with Gasteiger partial charge in [0.05, 0.1) is 0 Å². The fraction of sp³-hybridized carbons (Fsp3) is 0.308. The molecule has 0 fully saturated rings. The van der Waals surface area contributed by atoms with Crippen LogP contribution in [-0.4, -0.2) is 0 Å². The van der Waals surface area contributed by atoms with E-state index in [4.69, 9.17) is 0 Å². The number of hydrogen-bond acceptors (Lipinski definition) is 0. The van der Waals surface area contributed by atoms with Gasteiger partial charge in [-0.05, 0) is 5.92 Å². The van der Waals surface area contributed by atoms with Crippen LogP contribution in [-0.2, 0) is 26.2 Å². The van der Waals surface area contributed by atoms with Crippen molar-refractivity contribution in [2.24, 2.45) is 0 Å². The van der Waals surface area contributed by atoms with Gasteiger partial charge in [0.15, 0.2) is 0 Å². The topological polar surface area (TPSA) is 0 Å². The molecule has 0 spiro atoms. The first kappa shape index (κ1) is 21.8. The standard InChI is InChI=1S/C13H15.3FH.Zr/c1-9(2)12-6-4-5-11-7-10(3)8-13(11)12;;;;/h4-9H,1-3H3;3*1H;/q-1;;;;+4/p-3. The van der Waals surface area contributed by atoms with Crippen molar-refractivity contribution in [2.75, 3.05) is 0 Å². The summed E-state index contributed by atoms with van der Waals surface area (Å²) in [5.74, 6) is 0.616. The van der Waals surface area contributed by atoms with Crippen molar-refractivity contribution in [1.29, 1.82) is 0 Å². The Morgan fingerprint density at radius 1 is 1.06 bits per heavy atom. The van der Waals surface area contributed by atoms with Crippen LogP contribution >= 0.6 is 0 Å². The molecule has 2 rings (SSSR count). The third kappa shape index (κ3) is 4.35. The zero-order valence-corrected chi connectivity index (χ0v) is 12.6.